The molecule has 1 aliphatic rings. The molecule has 0 aliphatic carbocycles. The molecule has 0 atom stereocenters. The molecule has 4 aromatic rings. The number of aromatic nitrogens is 3. The number of rotatable bonds is 4. The Balaban J connectivity index is 1.53. The normalized spacial score (nSPS) is 14.9. The molecule has 0 N–H and O–H groups in total. The molecule has 2 aromatic carbocycles. The number of anilines is 1. The zero-order chi connectivity index (χ0) is 22.3. The number of hydrogen-bond acceptors (Lipinski definition) is 5. The first-order chi connectivity index (χ1) is 15.4. The van der Waals surface area contributed by atoms with Gasteiger partial charge in [0.2, 0.25) is 5.95 Å². The van der Waals surface area contributed by atoms with E-state index in [2.05, 4.69) is 18.8 Å². The van der Waals surface area contributed by atoms with Gasteiger partial charge in [0.1, 0.15) is 0 Å². The first-order valence-electron chi connectivity index (χ1n) is 10.7. The van der Waals surface area contributed by atoms with E-state index in [1.165, 1.54) is 0 Å². The molecule has 6 heteroatoms. The third kappa shape index (κ3) is 3.80. The topological polar surface area (TPSA) is 68.1 Å². The van der Waals surface area contributed by atoms with Crippen LogP contribution >= 0.6 is 0 Å². The second-order valence-electron chi connectivity index (χ2n) is 9.11. The highest BCUT2D eigenvalue weighted by molar-refractivity contribution is 6.02. The Hall–Kier alpha value is -3.80. The zero-order valence-corrected chi connectivity index (χ0v) is 18.2. The summed E-state index contributed by atoms with van der Waals surface area (Å²) in [7, 11) is 0. The van der Waals surface area contributed by atoms with Crippen LogP contribution in [0.2, 0.25) is 0 Å². The molecular formula is C26H24N4O2. The van der Waals surface area contributed by atoms with Crippen molar-refractivity contribution in [1.82, 2.24) is 14.5 Å². The standard InChI is InChI=1S/C26H24N4O2/c1-26(2)16-29(15-23(31)21-8-7-18-5-3-4-6-20(18)13-21)25-28-22(14-24(32)30(25)17-26)19-9-11-27-12-10-19/h3-14H,15-17H2,1-2H3. The van der Waals surface area contributed by atoms with Crippen LogP contribution in [0.1, 0.15) is 24.2 Å². The van der Waals surface area contributed by atoms with Crippen molar-refractivity contribution < 1.29 is 4.79 Å². The maximum Gasteiger partial charge on any atom is 0.255 e. The van der Waals surface area contributed by atoms with Crippen LogP contribution < -0.4 is 10.5 Å². The van der Waals surface area contributed by atoms with E-state index >= 15 is 0 Å². The van der Waals surface area contributed by atoms with Gasteiger partial charge in [0, 0.05) is 48.1 Å². The highest BCUT2D eigenvalue weighted by atomic mass is 16.1. The summed E-state index contributed by atoms with van der Waals surface area (Å²) < 4.78 is 1.68. The van der Waals surface area contributed by atoms with Crippen LogP contribution in [0.3, 0.4) is 0 Å². The van der Waals surface area contributed by atoms with Crippen molar-refractivity contribution in [3.8, 4) is 11.3 Å². The third-order valence-electron chi connectivity index (χ3n) is 5.86. The summed E-state index contributed by atoms with van der Waals surface area (Å²) in [5.74, 6) is 0.543. The van der Waals surface area contributed by atoms with Crippen LogP contribution in [0, 0.1) is 5.41 Å². The van der Waals surface area contributed by atoms with Crippen molar-refractivity contribution >= 4 is 22.5 Å². The molecule has 0 fully saturated rings. The Morgan fingerprint density at radius 1 is 0.969 bits per heavy atom. The second-order valence-corrected chi connectivity index (χ2v) is 9.11. The number of hydrogen-bond donors (Lipinski definition) is 0. The number of Topliss-reactive ketones (excluding diaryl/α,β-unsaturated/α-hetero) is 1. The minimum atomic E-state index is -0.166. The summed E-state index contributed by atoms with van der Waals surface area (Å²) in [6.45, 7) is 5.57. The summed E-state index contributed by atoms with van der Waals surface area (Å²) in [6, 6.07) is 19.0. The fourth-order valence-corrected chi connectivity index (χ4v) is 4.37. The summed E-state index contributed by atoms with van der Waals surface area (Å²) in [5, 5.41) is 2.13. The summed E-state index contributed by atoms with van der Waals surface area (Å²) in [4.78, 5) is 37.0. The van der Waals surface area contributed by atoms with E-state index in [0.29, 0.717) is 30.3 Å². The fraction of sp³-hybridized carbons (Fsp3) is 0.231. The third-order valence-corrected chi connectivity index (χ3v) is 5.86. The predicted molar refractivity (Wildman–Crippen MR) is 126 cm³/mol. The Morgan fingerprint density at radius 3 is 2.50 bits per heavy atom. The molecule has 0 amide bonds. The molecule has 0 bridgehead atoms. The summed E-state index contributed by atoms with van der Waals surface area (Å²) in [5.41, 5.74) is 1.79. The quantitative estimate of drug-likeness (QED) is 0.460. The lowest BCUT2D eigenvalue weighted by atomic mass is 9.90. The maximum atomic E-state index is 13.3. The molecule has 0 unspecified atom stereocenters. The molecule has 6 nitrogen and oxygen atoms in total. The van der Waals surface area contributed by atoms with Gasteiger partial charge < -0.3 is 4.90 Å². The smallest absolute Gasteiger partial charge is 0.255 e. The lowest BCUT2D eigenvalue weighted by Gasteiger charge is -2.40. The van der Waals surface area contributed by atoms with Gasteiger partial charge in [-0.3, -0.25) is 19.1 Å². The second kappa shape index (κ2) is 7.71. The molecule has 0 radical (unpaired) electrons. The zero-order valence-electron chi connectivity index (χ0n) is 18.2. The van der Waals surface area contributed by atoms with Gasteiger partial charge in [0.15, 0.2) is 5.78 Å². The average molecular weight is 425 g/mol. The van der Waals surface area contributed by atoms with E-state index in [4.69, 9.17) is 4.98 Å². The number of benzene rings is 2. The van der Waals surface area contributed by atoms with E-state index in [1.807, 2.05) is 59.5 Å². The van der Waals surface area contributed by atoms with Gasteiger partial charge in [-0.2, -0.15) is 0 Å². The average Bonchev–Trinajstić information content (AvgIpc) is 2.79. The number of carbonyl (C=O) groups is 1. The largest absolute Gasteiger partial charge is 0.334 e. The van der Waals surface area contributed by atoms with Gasteiger partial charge in [-0.25, -0.2) is 4.98 Å². The molecule has 1 aliphatic heterocycles. The number of carbonyl (C=O) groups excluding carboxylic acids is 1. The van der Waals surface area contributed by atoms with Crippen molar-refractivity contribution in [3.63, 3.8) is 0 Å². The monoisotopic (exact) mass is 424 g/mol. The molecule has 32 heavy (non-hydrogen) atoms. The molecule has 3 heterocycles. The number of pyridine rings is 1. The van der Waals surface area contributed by atoms with E-state index in [0.717, 1.165) is 16.3 Å². The van der Waals surface area contributed by atoms with Crippen LogP contribution in [0.25, 0.3) is 22.0 Å². The minimum absolute atomic E-state index is 0.00330. The Bertz CT molecular complexity index is 1380. The van der Waals surface area contributed by atoms with E-state index in [-0.39, 0.29) is 23.3 Å². The lowest BCUT2D eigenvalue weighted by Crippen LogP contribution is -2.49. The maximum absolute atomic E-state index is 13.3. The van der Waals surface area contributed by atoms with Crippen LogP contribution in [0.15, 0.2) is 77.9 Å². The van der Waals surface area contributed by atoms with Gasteiger partial charge in [0.05, 0.1) is 12.2 Å². The van der Waals surface area contributed by atoms with Crippen molar-refractivity contribution in [1.29, 1.82) is 0 Å². The summed E-state index contributed by atoms with van der Waals surface area (Å²) >= 11 is 0. The van der Waals surface area contributed by atoms with Crippen molar-refractivity contribution in [2.45, 2.75) is 20.4 Å². The minimum Gasteiger partial charge on any atom is -0.334 e. The molecule has 0 saturated carbocycles. The Kier molecular flexibility index (Phi) is 4.85. The van der Waals surface area contributed by atoms with Crippen LogP contribution in [0.4, 0.5) is 5.95 Å². The molecular weight excluding hydrogens is 400 g/mol. The molecule has 0 spiro atoms. The summed E-state index contributed by atoms with van der Waals surface area (Å²) in [6.07, 6.45) is 3.36. The molecule has 0 saturated heterocycles. The highest BCUT2D eigenvalue weighted by Gasteiger charge is 2.33. The molecule has 2 aromatic heterocycles. The predicted octanol–water partition coefficient (Wildman–Crippen LogP) is 4.19. The van der Waals surface area contributed by atoms with Crippen LogP contribution in [-0.2, 0) is 6.54 Å². The van der Waals surface area contributed by atoms with Crippen LogP contribution in [-0.4, -0.2) is 33.4 Å². The lowest BCUT2D eigenvalue weighted by molar-refractivity contribution is 0.0993. The fourth-order valence-electron chi connectivity index (χ4n) is 4.37. The first kappa shape index (κ1) is 20.1. The first-order valence-corrected chi connectivity index (χ1v) is 10.7. The highest BCUT2D eigenvalue weighted by Crippen LogP contribution is 2.30. The Morgan fingerprint density at radius 2 is 1.72 bits per heavy atom. The van der Waals surface area contributed by atoms with Gasteiger partial charge in [-0.15, -0.1) is 0 Å². The van der Waals surface area contributed by atoms with Crippen molar-refractivity contribution in [2.24, 2.45) is 5.41 Å². The Labute approximate surface area is 186 Å². The van der Waals surface area contributed by atoms with Crippen molar-refractivity contribution in [2.75, 3.05) is 18.0 Å². The number of nitrogens with zero attached hydrogens (tertiary/aromatic N) is 4. The van der Waals surface area contributed by atoms with E-state index in [9.17, 15) is 9.59 Å². The number of fused-ring (bicyclic) bond motifs is 2. The number of ketones is 1. The molecule has 160 valence electrons. The molecule has 5 rings (SSSR count). The van der Waals surface area contributed by atoms with Gasteiger partial charge in [-0.05, 0) is 29.0 Å². The van der Waals surface area contributed by atoms with Gasteiger partial charge in [0.25, 0.3) is 5.56 Å². The van der Waals surface area contributed by atoms with E-state index < -0.39 is 0 Å². The van der Waals surface area contributed by atoms with E-state index in [1.54, 1.807) is 23.0 Å². The van der Waals surface area contributed by atoms with Gasteiger partial charge in [-0.1, -0.05) is 50.2 Å². The van der Waals surface area contributed by atoms with Gasteiger partial charge >= 0.3 is 0 Å². The van der Waals surface area contributed by atoms with Crippen LogP contribution in [0.5, 0.6) is 0 Å². The van der Waals surface area contributed by atoms with Crippen molar-refractivity contribution in [3.05, 3.63) is 89.0 Å². The SMILES string of the molecule is CC1(C)CN(CC(=O)c2ccc3ccccc3c2)c2nc(-c3ccncc3)cc(=O)n2C1.